The van der Waals surface area contributed by atoms with E-state index in [0.29, 0.717) is 45.3 Å². The van der Waals surface area contributed by atoms with Crippen LogP contribution in [0.3, 0.4) is 0 Å². The molecule has 4 heterocycles. The Morgan fingerprint density at radius 1 is 1.29 bits per heavy atom. The van der Waals surface area contributed by atoms with Crippen molar-refractivity contribution < 1.29 is 14.3 Å². The minimum absolute atomic E-state index is 0.0865. The topological polar surface area (TPSA) is 80.6 Å². The van der Waals surface area contributed by atoms with Crippen molar-refractivity contribution in [2.45, 2.75) is 50.1 Å². The predicted octanol–water partition coefficient (Wildman–Crippen LogP) is 1.36. The van der Waals surface area contributed by atoms with Crippen LogP contribution in [0.25, 0.3) is 0 Å². The Labute approximate surface area is 163 Å². The summed E-state index contributed by atoms with van der Waals surface area (Å²) in [5.41, 5.74) is 0.425. The highest BCUT2D eigenvalue weighted by Crippen LogP contribution is 2.50. The normalized spacial score (nSPS) is 28.6. The molecule has 0 bridgehead atoms. The van der Waals surface area contributed by atoms with Gasteiger partial charge >= 0.3 is 0 Å². The Balaban J connectivity index is 1.28. The van der Waals surface area contributed by atoms with E-state index in [9.17, 15) is 9.59 Å². The highest BCUT2D eigenvalue weighted by Gasteiger charge is 2.64. The first kappa shape index (κ1) is 17.4. The average Bonchev–Trinajstić information content (AvgIpc) is 3.46. The maximum absolute atomic E-state index is 12.9. The van der Waals surface area contributed by atoms with Gasteiger partial charge in [0, 0.05) is 25.9 Å². The van der Waals surface area contributed by atoms with Gasteiger partial charge in [0.25, 0.3) is 0 Å². The van der Waals surface area contributed by atoms with Crippen LogP contribution in [0.2, 0.25) is 0 Å². The van der Waals surface area contributed by atoms with Gasteiger partial charge in [0.05, 0.1) is 19.0 Å². The number of rotatable bonds is 5. The summed E-state index contributed by atoms with van der Waals surface area (Å²) >= 11 is 0. The molecule has 28 heavy (non-hydrogen) atoms. The Kier molecular flexibility index (Phi) is 4.16. The van der Waals surface area contributed by atoms with Crippen LogP contribution in [0.1, 0.15) is 37.4 Å². The fourth-order valence-electron chi connectivity index (χ4n) is 4.85. The number of hydrogen-bond donors (Lipinski definition) is 0. The standard InChI is InChI=1S/C20H23N5O3/c26-18(7-4-9-23-14-21-13-22-23)24-10-8-20-17(24)11-19(27)25(20)12-16(28-20)15-5-2-1-3-6-15/h1-3,5-6,13-14,16-17H,4,7-12H2/t16-,17-,20+/m1/s1. The second-order valence-corrected chi connectivity index (χ2v) is 7.69. The fraction of sp³-hybridized carbons (Fsp3) is 0.500. The van der Waals surface area contributed by atoms with Gasteiger partial charge in [-0.2, -0.15) is 5.10 Å². The van der Waals surface area contributed by atoms with Crippen LogP contribution in [-0.4, -0.2) is 61.2 Å². The lowest BCUT2D eigenvalue weighted by atomic mass is 10.1. The Hall–Kier alpha value is -2.74. The second-order valence-electron chi connectivity index (χ2n) is 7.69. The van der Waals surface area contributed by atoms with Gasteiger partial charge < -0.3 is 14.5 Å². The van der Waals surface area contributed by atoms with Crippen molar-refractivity contribution >= 4 is 11.8 Å². The van der Waals surface area contributed by atoms with Crippen LogP contribution in [-0.2, 0) is 20.9 Å². The van der Waals surface area contributed by atoms with E-state index in [-0.39, 0.29) is 24.0 Å². The number of benzene rings is 1. The van der Waals surface area contributed by atoms with E-state index < -0.39 is 5.72 Å². The summed E-state index contributed by atoms with van der Waals surface area (Å²) in [4.78, 5) is 33.2. The van der Waals surface area contributed by atoms with Crippen molar-refractivity contribution in [3.8, 4) is 0 Å². The summed E-state index contributed by atoms with van der Waals surface area (Å²) < 4.78 is 8.21. The summed E-state index contributed by atoms with van der Waals surface area (Å²) in [6.45, 7) is 1.86. The van der Waals surface area contributed by atoms with Gasteiger partial charge in [-0.15, -0.1) is 0 Å². The zero-order valence-corrected chi connectivity index (χ0v) is 15.6. The molecule has 8 heteroatoms. The third kappa shape index (κ3) is 2.71. The molecular weight excluding hydrogens is 358 g/mol. The van der Waals surface area contributed by atoms with E-state index in [1.165, 1.54) is 6.33 Å². The maximum atomic E-state index is 12.9. The van der Waals surface area contributed by atoms with Crippen molar-refractivity contribution in [1.82, 2.24) is 24.6 Å². The largest absolute Gasteiger partial charge is 0.343 e. The third-order valence-corrected chi connectivity index (χ3v) is 6.16. The third-order valence-electron chi connectivity index (χ3n) is 6.16. The highest BCUT2D eigenvalue weighted by atomic mass is 16.5. The average molecular weight is 381 g/mol. The van der Waals surface area contributed by atoms with Crippen molar-refractivity contribution in [3.05, 3.63) is 48.5 Å². The number of nitrogens with zero attached hydrogens (tertiary/aromatic N) is 5. The van der Waals surface area contributed by atoms with Crippen LogP contribution in [0, 0.1) is 0 Å². The van der Waals surface area contributed by atoms with Gasteiger partial charge in [-0.25, -0.2) is 4.98 Å². The number of aryl methyl sites for hydroxylation is 1. The number of amides is 2. The molecule has 0 radical (unpaired) electrons. The van der Waals surface area contributed by atoms with Crippen molar-refractivity contribution in [2.24, 2.45) is 0 Å². The molecule has 0 N–H and O–H groups in total. The molecule has 3 saturated heterocycles. The number of aromatic nitrogens is 3. The minimum Gasteiger partial charge on any atom is -0.343 e. The van der Waals surface area contributed by atoms with Gasteiger partial charge in [0.1, 0.15) is 18.8 Å². The molecule has 3 atom stereocenters. The summed E-state index contributed by atoms with van der Waals surface area (Å²) in [5.74, 6) is 0.173. The zero-order valence-electron chi connectivity index (χ0n) is 15.6. The Morgan fingerprint density at radius 2 is 2.14 bits per heavy atom. The van der Waals surface area contributed by atoms with Gasteiger partial charge in [-0.3, -0.25) is 14.3 Å². The smallest absolute Gasteiger partial charge is 0.227 e. The number of ether oxygens (including phenoxy) is 1. The molecule has 1 aromatic heterocycles. The highest BCUT2D eigenvalue weighted by molar-refractivity contribution is 5.84. The van der Waals surface area contributed by atoms with Crippen molar-refractivity contribution in [3.63, 3.8) is 0 Å². The first-order valence-electron chi connectivity index (χ1n) is 9.82. The monoisotopic (exact) mass is 381 g/mol. The number of carbonyl (C=O) groups excluding carboxylic acids is 2. The van der Waals surface area contributed by atoms with Gasteiger partial charge in [0.15, 0.2) is 5.72 Å². The first-order valence-corrected chi connectivity index (χ1v) is 9.82. The number of likely N-dealkylation sites (tertiary alicyclic amines) is 1. The Morgan fingerprint density at radius 3 is 2.93 bits per heavy atom. The van der Waals surface area contributed by atoms with Gasteiger partial charge in [-0.1, -0.05) is 30.3 Å². The molecule has 1 spiro atoms. The maximum Gasteiger partial charge on any atom is 0.227 e. The molecule has 3 aliphatic heterocycles. The zero-order chi connectivity index (χ0) is 19.1. The summed E-state index contributed by atoms with van der Waals surface area (Å²) in [6, 6.07) is 9.82. The van der Waals surface area contributed by atoms with E-state index in [0.717, 1.165) is 5.56 Å². The van der Waals surface area contributed by atoms with Crippen LogP contribution < -0.4 is 0 Å². The van der Waals surface area contributed by atoms with E-state index in [2.05, 4.69) is 10.1 Å². The SMILES string of the molecule is O=C(CCCn1cncn1)N1CC[C@@]23O[C@@H](c4ccccc4)CN2C(=O)C[C@@H]13. The molecule has 8 nitrogen and oxygen atoms in total. The van der Waals surface area contributed by atoms with Crippen molar-refractivity contribution in [1.29, 1.82) is 0 Å². The molecule has 0 saturated carbocycles. The van der Waals surface area contributed by atoms with Gasteiger partial charge in [-0.05, 0) is 12.0 Å². The first-order chi connectivity index (χ1) is 13.7. The van der Waals surface area contributed by atoms with Crippen LogP contribution in [0.4, 0.5) is 0 Å². The molecule has 0 unspecified atom stereocenters. The van der Waals surface area contributed by atoms with Gasteiger partial charge in [0.2, 0.25) is 11.8 Å². The summed E-state index contributed by atoms with van der Waals surface area (Å²) in [5, 5.41) is 4.06. The van der Waals surface area contributed by atoms with E-state index in [1.54, 1.807) is 11.0 Å². The molecule has 2 amide bonds. The second kappa shape index (κ2) is 6.70. The molecule has 1 aromatic carbocycles. The summed E-state index contributed by atoms with van der Waals surface area (Å²) in [7, 11) is 0. The predicted molar refractivity (Wildman–Crippen MR) is 98.7 cm³/mol. The number of hydrogen-bond acceptors (Lipinski definition) is 5. The van der Waals surface area contributed by atoms with Crippen LogP contribution >= 0.6 is 0 Å². The lowest BCUT2D eigenvalue weighted by Crippen LogP contribution is -2.48. The molecule has 5 rings (SSSR count). The van der Waals surface area contributed by atoms with E-state index in [1.807, 2.05) is 40.1 Å². The molecule has 3 aliphatic rings. The molecular formula is C20H23N5O3. The number of carbonyl (C=O) groups is 2. The molecule has 2 aromatic rings. The fourth-order valence-corrected chi connectivity index (χ4v) is 4.85. The lowest BCUT2D eigenvalue weighted by Gasteiger charge is -2.32. The molecule has 146 valence electrons. The van der Waals surface area contributed by atoms with Crippen LogP contribution in [0.5, 0.6) is 0 Å². The lowest BCUT2D eigenvalue weighted by molar-refractivity contribution is -0.143. The Bertz CT molecular complexity index is 871. The quantitative estimate of drug-likeness (QED) is 0.781. The molecule has 0 aliphatic carbocycles. The van der Waals surface area contributed by atoms with Crippen molar-refractivity contribution in [2.75, 3.05) is 13.1 Å². The minimum atomic E-state index is -0.654. The van der Waals surface area contributed by atoms with E-state index in [4.69, 9.17) is 4.74 Å². The van der Waals surface area contributed by atoms with Crippen LogP contribution in [0.15, 0.2) is 43.0 Å². The summed E-state index contributed by atoms with van der Waals surface area (Å²) in [6.07, 6.45) is 5.18. The molecule has 3 fully saturated rings. The van der Waals surface area contributed by atoms with E-state index >= 15 is 0 Å².